The Morgan fingerprint density at radius 3 is 2.57 bits per heavy atom. The van der Waals surface area contributed by atoms with Gasteiger partial charge in [0.2, 0.25) is 0 Å². The van der Waals surface area contributed by atoms with Crippen LogP contribution in [0.4, 0.5) is 0 Å². The van der Waals surface area contributed by atoms with Crippen molar-refractivity contribution in [1.29, 1.82) is 0 Å². The minimum Gasteiger partial charge on any atom is -0.443 e. The third-order valence-corrected chi connectivity index (χ3v) is 4.08. The lowest BCUT2D eigenvalue weighted by Gasteiger charge is -2.21. The Morgan fingerprint density at radius 1 is 1.30 bits per heavy atom. The maximum atomic E-state index is 12.6. The van der Waals surface area contributed by atoms with E-state index in [1.807, 2.05) is 31.2 Å². The lowest BCUT2D eigenvalue weighted by molar-refractivity contribution is 0.0784. The third-order valence-electron chi connectivity index (χ3n) is 4.08. The van der Waals surface area contributed by atoms with Gasteiger partial charge in [-0.2, -0.15) is 0 Å². The number of nitrogens with two attached hydrogens (primary N) is 1. The quantitative estimate of drug-likeness (QED) is 0.889. The summed E-state index contributed by atoms with van der Waals surface area (Å²) in [5.41, 5.74) is 8.39. The van der Waals surface area contributed by atoms with E-state index >= 15 is 0 Å². The van der Waals surface area contributed by atoms with E-state index in [1.54, 1.807) is 11.9 Å². The number of hydrogen-bond acceptors (Lipinski definition) is 4. The maximum absolute atomic E-state index is 12.6. The first-order chi connectivity index (χ1) is 10.9. The van der Waals surface area contributed by atoms with Gasteiger partial charge in [-0.1, -0.05) is 43.7 Å². The van der Waals surface area contributed by atoms with Gasteiger partial charge in [0.05, 0.1) is 0 Å². The summed E-state index contributed by atoms with van der Waals surface area (Å²) in [7, 11) is 1.77. The molecule has 0 spiro atoms. The third kappa shape index (κ3) is 4.20. The van der Waals surface area contributed by atoms with Gasteiger partial charge in [-0.25, -0.2) is 4.98 Å². The van der Waals surface area contributed by atoms with E-state index in [0.29, 0.717) is 23.9 Å². The molecule has 5 nitrogen and oxygen atoms in total. The van der Waals surface area contributed by atoms with E-state index in [-0.39, 0.29) is 11.9 Å². The van der Waals surface area contributed by atoms with Crippen LogP contribution in [0.25, 0.3) is 11.3 Å². The molecular weight excluding hydrogens is 290 g/mol. The fourth-order valence-corrected chi connectivity index (χ4v) is 2.27. The monoisotopic (exact) mass is 315 g/mol. The van der Waals surface area contributed by atoms with Crippen molar-refractivity contribution in [3.63, 3.8) is 0 Å². The SMILES string of the molecule is Cc1ccc(-c2ocnc2C(=O)N(C)CCC(N)C(C)C)cc1. The van der Waals surface area contributed by atoms with Crippen molar-refractivity contribution in [2.75, 3.05) is 13.6 Å². The highest BCUT2D eigenvalue weighted by Crippen LogP contribution is 2.24. The number of carbonyl (C=O) groups excluding carboxylic acids is 1. The van der Waals surface area contributed by atoms with Crippen LogP contribution in [-0.2, 0) is 0 Å². The van der Waals surface area contributed by atoms with Crippen LogP contribution in [0.5, 0.6) is 0 Å². The Labute approximate surface area is 137 Å². The van der Waals surface area contributed by atoms with Gasteiger partial charge in [-0.15, -0.1) is 0 Å². The van der Waals surface area contributed by atoms with Crippen LogP contribution in [0.15, 0.2) is 35.1 Å². The molecule has 0 saturated carbocycles. The lowest BCUT2D eigenvalue weighted by Crippen LogP contribution is -2.35. The number of amides is 1. The molecule has 0 aliphatic rings. The lowest BCUT2D eigenvalue weighted by atomic mass is 10.0. The summed E-state index contributed by atoms with van der Waals surface area (Å²) in [6, 6.07) is 7.91. The summed E-state index contributed by atoms with van der Waals surface area (Å²) in [5.74, 6) is 0.758. The standard InChI is InChI=1S/C18H25N3O2/c1-12(2)15(19)9-10-21(4)18(22)16-17(23-11-20-16)14-7-5-13(3)6-8-14/h5-8,11-12,15H,9-10,19H2,1-4H3. The van der Waals surface area contributed by atoms with Gasteiger partial charge in [-0.05, 0) is 19.3 Å². The summed E-state index contributed by atoms with van der Waals surface area (Å²) < 4.78 is 5.44. The molecule has 0 bridgehead atoms. The molecule has 1 atom stereocenters. The number of carbonyl (C=O) groups is 1. The van der Waals surface area contributed by atoms with Crippen molar-refractivity contribution in [1.82, 2.24) is 9.88 Å². The molecule has 2 rings (SSSR count). The smallest absolute Gasteiger partial charge is 0.276 e. The normalized spacial score (nSPS) is 12.4. The topological polar surface area (TPSA) is 72.4 Å². The highest BCUT2D eigenvalue weighted by molar-refractivity contribution is 5.97. The second-order valence-corrected chi connectivity index (χ2v) is 6.32. The van der Waals surface area contributed by atoms with Crippen molar-refractivity contribution < 1.29 is 9.21 Å². The Bertz CT molecular complexity index is 647. The summed E-state index contributed by atoms with van der Waals surface area (Å²) in [6.07, 6.45) is 2.08. The molecular formula is C18H25N3O2. The molecule has 0 fully saturated rings. The molecule has 0 radical (unpaired) electrons. The van der Waals surface area contributed by atoms with Crippen molar-refractivity contribution in [2.24, 2.45) is 11.7 Å². The number of hydrogen-bond donors (Lipinski definition) is 1. The van der Waals surface area contributed by atoms with Crippen LogP contribution in [0.1, 0.15) is 36.3 Å². The molecule has 0 aliphatic carbocycles. The predicted molar refractivity (Wildman–Crippen MR) is 91.1 cm³/mol. The minimum atomic E-state index is -0.148. The second-order valence-electron chi connectivity index (χ2n) is 6.32. The van der Waals surface area contributed by atoms with Gasteiger partial charge in [0.15, 0.2) is 17.8 Å². The fraction of sp³-hybridized carbons (Fsp3) is 0.444. The average molecular weight is 315 g/mol. The van der Waals surface area contributed by atoms with Crippen LogP contribution in [0.3, 0.4) is 0 Å². The summed E-state index contributed by atoms with van der Waals surface area (Å²) in [6.45, 7) is 6.78. The summed E-state index contributed by atoms with van der Waals surface area (Å²) in [5, 5.41) is 0. The van der Waals surface area contributed by atoms with Crippen molar-refractivity contribution in [2.45, 2.75) is 33.2 Å². The van der Waals surface area contributed by atoms with E-state index in [1.165, 1.54) is 6.39 Å². The van der Waals surface area contributed by atoms with Crippen LogP contribution < -0.4 is 5.73 Å². The molecule has 1 aromatic heterocycles. The first-order valence-electron chi connectivity index (χ1n) is 7.91. The van der Waals surface area contributed by atoms with E-state index < -0.39 is 0 Å². The second kappa shape index (κ2) is 7.42. The van der Waals surface area contributed by atoms with Gasteiger partial charge >= 0.3 is 0 Å². The largest absolute Gasteiger partial charge is 0.443 e. The molecule has 1 amide bonds. The van der Waals surface area contributed by atoms with Crippen LogP contribution in [0.2, 0.25) is 0 Å². The number of nitrogens with zero attached hydrogens (tertiary/aromatic N) is 2. The van der Waals surface area contributed by atoms with Gasteiger partial charge in [0, 0.05) is 25.2 Å². The van der Waals surface area contributed by atoms with Crippen LogP contribution in [-0.4, -0.2) is 35.4 Å². The minimum absolute atomic E-state index is 0.0825. The number of oxazole rings is 1. The van der Waals surface area contributed by atoms with E-state index in [2.05, 4.69) is 18.8 Å². The molecule has 1 aromatic carbocycles. The molecule has 124 valence electrons. The van der Waals surface area contributed by atoms with Crippen LogP contribution in [0, 0.1) is 12.8 Å². The zero-order valence-electron chi connectivity index (χ0n) is 14.2. The Kier molecular flexibility index (Phi) is 5.55. The number of benzene rings is 1. The molecule has 2 aromatic rings. The first-order valence-corrected chi connectivity index (χ1v) is 7.91. The van der Waals surface area contributed by atoms with E-state index in [9.17, 15) is 4.79 Å². The molecule has 0 saturated heterocycles. The number of rotatable bonds is 6. The van der Waals surface area contributed by atoms with Crippen molar-refractivity contribution in [3.05, 3.63) is 41.9 Å². The average Bonchev–Trinajstić information content (AvgIpc) is 3.01. The highest BCUT2D eigenvalue weighted by Gasteiger charge is 2.22. The zero-order chi connectivity index (χ0) is 17.0. The number of aryl methyl sites for hydroxylation is 1. The van der Waals surface area contributed by atoms with Crippen molar-refractivity contribution in [3.8, 4) is 11.3 Å². The van der Waals surface area contributed by atoms with Gasteiger partial charge < -0.3 is 15.1 Å². The molecule has 1 unspecified atom stereocenters. The van der Waals surface area contributed by atoms with Crippen LogP contribution >= 0.6 is 0 Å². The molecule has 5 heteroatoms. The summed E-state index contributed by atoms with van der Waals surface area (Å²) in [4.78, 5) is 18.4. The molecule has 2 N–H and O–H groups in total. The maximum Gasteiger partial charge on any atom is 0.276 e. The zero-order valence-corrected chi connectivity index (χ0v) is 14.2. The molecule has 1 heterocycles. The van der Waals surface area contributed by atoms with E-state index in [4.69, 9.17) is 10.2 Å². The Hall–Kier alpha value is -2.14. The highest BCUT2D eigenvalue weighted by atomic mass is 16.3. The van der Waals surface area contributed by atoms with Gasteiger partial charge in [-0.3, -0.25) is 4.79 Å². The van der Waals surface area contributed by atoms with Gasteiger partial charge in [0.1, 0.15) is 0 Å². The predicted octanol–water partition coefficient (Wildman–Crippen LogP) is 3.10. The van der Waals surface area contributed by atoms with E-state index in [0.717, 1.165) is 17.5 Å². The molecule has 23 heavy (non-hydrogen) atoms. The Balaban J connectivity index is 2.11. The first kappa shape index (κ1) is 17.2. The number of aromatic nitrogens is 1. The van der Waals surface area contributed by atoms with Gasteiger partial charge in [0.25, 0.3) is 5.91 Å². The fourth-order valence-electron chi connectivity index (χ4n) is 2.27. The van der Waals surface area contributed by atoms with Crippen molar-refractivity contribution >= 4 is 5.91 Å². The molecule has 0 aliphatic heterocycles. The summed E-state index contributed by atoms with van der Waals surface area (Å²) >= 11 is 0. The Morgan fingerprint density at radius 2 is 1.96 bits per heavy atom.